The summed E-state index contributed by atoms with van der Waals surface area (Å²) >= 11 is 7.48. The summed E-state index contributed by atoms with van der Waals surface area (Å²) in [4.78, 5) is 12.5. The van der Waals surface area contributed by atoms with Gasteiger partial charge in [-0.3, -0.25) is 4.79 Å². The van der Waals surface area contributed by atoms with E-state index in [1.54, 1.807) is 0 Å². The van der Waals surface area contributed by atoms with Crippen LogP contribution in [-0.2, 0) is 4.79 Å². The normalized spacial score (nSPS) is 12.8. The summed E-state index contributed by atoms with van der Waals surface area (Å²) in [5, 5.41) is 9.31. The molecule has 0 fully saturated rings. The molecular weight excluding hydrogens is 222 g/mol. The number of thiophene rings is 1. The van der Waals surface area contributed by atoms with E-state index < -0.39 is 5.97 Å². The molecule has 0 saturated carbocycles. The lowest BCUT2D eigenvalue weighted by atomic mass is 10.0. The third kappa shape index (κ3) is 2.70. The van der Waals surface area contributed by atoms with Gasteiger partial charge in [0.2, 0.25) is 0 Å². The molecule has 1 heterocycles. The molecule has 3 N–H and O–H groups in total. The molecule has 0 aliphatic heterocycles. The monoisotopic (exact) mass is 233 g/mol. The van der Waals surface area contributed by atoms with Crippen molar-refractivity contribution < 1.29 is 9.90 Å². The van der Waals surface area contributed by atoms with Crippen molar-refractivity contribution in [3.8, 4) is 0 Å². The molecule has 0 amide bonds. The second-order valence-electron chi connectivity index (χ2n) is 3.10. The van der Waals surface area contributed by atoms with E-state index in [4.69, 9.17) is 22.4 Å². The lowest BCUT2D eigenvalue weighted by Crippen LogP contribution is -2.15. The minimum Gasteiger partial charge on any atom is -0.481 e. The molecule has 0 bridgehead atoms. The maximum atomic E-state index is 10.6. The number of hydrogen-bond acceptors (Lipinski definition) is 3. The number of rotatable bonds is 4. The molecule has 3 nitrogen and oxygen atoms in total. The molecule has 5 heteroatoms. The van der Waals surface area contributed by atoms with Crippen LogP contribution in [-0.4, -0.2) is 17.6 Å². The zero-order valence-corrected chi connectivity index (χ0v) is 9.36. The molecule has 14 heavy (non-hydrogen) atoms. The van der Waals surface area contributed by atoms with E-state index in [0.717, 1.165) is 9.75 Å². The highest BCUT2D eigenvalue weighted by Gasteiger charge is 2.18. The molecule has 1 aromatic rings. The first-order valence-corrected chi connectivity index (χ1v) is 5.41. The summed E-state index contributed by atoms with van der Waals surface area (Å²) < 4.78 is 0. The van der Waals surface area contributed by atoms with E-state index in [9.17, 15) is 4.79 Å². The molecule has 0 spiro atoms. The highest BCUT2D eigenvalue weighted by atomic mass is 35.5. The molecular formula is C9H12ClNO2S. The molecule has 1 aromatic heterocycles. The molecule has 0 saturated heterocycles. The lowest BCUT2D eigenvalue weighted by Gasteiger charge is -2.10. The number of hydrogen-bond donors (Lipinski definition) is 2. The third-order valence-electron chi connectivity index (χ3n) is 1.91. The number of nitrogens with two attached hydrogens (primary N) is 1. The van der Waals surface area contributed by atoms with Crippen LogP contribution in [0.4, 0.5) is 0 Å². The summed E-state index contributed by atoms with van der Waals surface area (Å²) in [5.41, 5.74) is 5.52. The van der Waals surface area contributed by atoms with Gasteiger partial charge in [0.05, 0.1) is 11.4 Å². The zero-order valence-electron chi connectivity index (χ0n) is 7.79. The Balaban J connectivity index is 2.88. The maximum Gasteiger partial charge on any atom is 0.304 e. The van der Waals surface area contributed by atoms with E-state index in [2.05, 4.69) is 0 Å². The Labute approximate surface area is 91.5 Å². The Morgan fingerprint density at radius 3 is 2.79 bits per heavy atom. The van der Waals surface area contributed by atoms with Gasteiger partial charge in [0.15, 0.2) is 0 Å². The van der Waals surface area contributed by atoms with E-state index >= 15 is 0 Å². The first kappa shape index (κ1) is 11.5. The molecule has 1 unspecified atom stereocenters. The van der Waals surface area contributed by atoms with Crippen LogP contribution in [0.3, 0.4) is 0 Å². The number of carboxylic acids is 1. The maximum absolute atomic E-state index is 10.6. The van der Waals surface area contributed by atoms with Gasteiger partial charge < -0.3 is 10.8 Å². The van der Waals surface area contributed by atoms with Gasteiger partial charge in [0.25, 0.3) is 0 Å². The topological polar surface area (TPSA) is 63.3 Å². The van der Waals surface area contributed by atoms with Crippen LogP contribution in [0.15, 0.2) is 6.07 Å². The van der Waals surface area contributed by atoms with Gasteiger partial charge in [0.1, 0.15) is 0 Å². The summed E-state index contributed by atoms with van der Waals surface area (Å²) in [6.07, 6.45) is 0.0379. The number of carbonyl (C=O) groups is 1. The number of halogens is 1. The van der Waals surface area contributed by atoms with Gasteiger partial charge >= 0.3 is 5.97 Å². The average molecular weight is 234 g/mol. The van der Waals surface area contributed by atoms with Crippen LogP contribution in [0, 0.1) is 6.92 Å². The minimum atomic E-state index is -0.845. The number of carboxylic acid groups (broad SMARTS) is 1. The Morgan fingerprint density at radius 2 is 2.43 bits per heavy atom. The predicted molar refractivity (Wildman–Crippen MR) is 58.1 cm³/mol. The Kier molecular flexibility index (Phi) is 3.92. The minimum absolute atomic E-state index is 0.0379. The largest absolute Gasteiger partial charge is 0.481 e. The van der Waals surface area contributed by atoms with Gasteiger partial charge in [-0.25, -0.2) is 0 Å². The van der Waals surface area contributed by atoms with Crippen molar-refractivity contribution in [1.29, 1.82) is 0 Å². The van der Waals surface area contributed by atoms with Crippen LogP contribution in [0.5, 0.6) is 0 Å². The van der Waals surface area contributed by atoms with Gasteiger partial charge in [-0.1, -0.05) is 11.6 Å². The zero-order chi connectivity index (χ0) is 10.7. The Bertz CT molecular complexity index is 338. The standard InChI is InChI=1S/C9H12ClNO2S/c1-5-2-7(10)9(14-5)6(4-11)3-8(12)13/h2,6H,3-4,11H2,1H3,(H,12,13). The number of aliphatic carboxylic acids is 1. The van der Waals surface area contributed by atoms with Crippen molar-refractivity contribution in [3.63, 3.8) is 0 Å². The van der Waals surface area contributed by atoms with Crippen LogP contribution in [0.2, 0.25) is 5.02 Å². The van der Waals surface area contributed by atoms with Crippen molar-refractivity contribution in [1.82, 2.24) is 0 Å². The van der Waals surface area contributed by atoms with E-state index in [1.807, 2.05) is 13.0 Å². The quantitative estimate of drug-likeness (QED) is 0.838. The summed E-state index contributed by atoms with van der Waals surface area (Å²) in [6, 6.07) is 1.84. The number of aryl methyl sites for hydroxylation is 1. The SMILES string of the molecule is Cc1cc(Cl)c(C(CN)CC(=O)O)s1. The second kappa shape index (κ2) is 4.77. The fourth-order valence-corrected chi connectivity index (χ4v) is 2.80. The van der Waals surface area contributed by atoms with Crippen LogP contribution in [0.1, 0.15) is 22.1 Å². The van der Waals surface area contributed by atoms with Crippen molar-refractivity contribution in [2.24, 2.45) is 5.73 Å². The second-order valence-corrected chi connectivity index (χ2v) is 4.79. The molecule has 0 aliphatic carbocycles. The van der Waals surface area contributed by atoms with Gasteiger partial charge in [0, 0.05) is 22.2 Å². The fraction of sp³-hybridized carbons (Fsp3) is 0.444. The first-order chi connectivity index (χ1) is 6.54. The van der Waals surface area contributed by atoms with Crippen molar-refractivity contribution in [2.75, 3.05) is 6.54 Å². The summed E-state index contributed by atoms with van der Waals surface area (Å²) in [5.74, 6) is -1.01. The molecule has 78 valence electrons. The Morgan fingerprint density at radius 1 is 1.79 bits per heavy atom. The predicted octanol–water partition coefficient (Wildman–Crippen LogP) is 2.23. The molecule has 0 aliphatic rings. The van der Waals surface area contributed by atoms with E-state index in [0.29, 0.717) is 11.6 Å². The van der Waals surface area contributed by atoms with Crippen LogP contribution in [0.25, 0.3) is 0 Å². The van der Waals surface area contributed by atoms with Crippen LogP contribution < -0.4 is 5.73 Å². The molecule has 0 aromatic carbocycles. The summed E-state index contributed by atoms with van der Waals surface area (Å²) in [7, 11) is 0. The third-order valence-corrected chi connectivity index (χ3v) is 3.55. The van der Waals surface area contributed by atoms with E-state index in [1.165, 1.54) is 11.3 Å². The molecule has 1 rings (SSSR count). The molecule has 1 atom stereocenters. The fourth-order valence-electron chi connectivity index (χ4n) is 1.27. The van der Waals surface area contributed by atoms with Gasteiger partial charge in [-0.15, -0.1) is 11.3 Å². The smallest absolute Gasteiger partial charge is 0.304 e. The summed E-state index contributed by atoms with van der Waals surface area (Å²) in [6.45, 7) is 2.25. The van der Waals surface area contributed by atoms with Crippen molar-refractivity contribution >= 4 is 28.9 Å². The average Bonchev–Trinajstić information content (AvgIpc) is 2.41. The highest BCUT2D eigenvalue weighted by molar-refractivity contribution is 7.12. The van der Waals surface area contributed by atoms with Gasteiger partial charge in [-0.2, -0.15) is 0 Å². The Hall–Kier alpha value is -0.580. The lowest BCUT2D eigenvalue weighted by molar-refractivity contribution is -0.137. The molecule has 0 radical (unpaired) electrons. The first-order valence-electron chi connectivity index (χ1n) is 4.22. The van der Waals surface area contributed by atoms with E-state index in [-0.39, 0.29) is 12.3 Å². The van der Waals surface area contributed by atoms with Crippen molar-refractivity contribution in [3.05, 3.63) is 20.8 Å². The van der Waals surface area contributed by atoms with Gasteiger partial charge in [-0.05, 0) is 13.0 Å². The highest BCUT2D eigenvalue weighted by Crippen LogP contribution is 2.34. The van der Waals surface area contributed by atoms with Crippen molar-refractivity contribution in [2.45, 2.75) is 19.3 Å². The van der Waals surface area contributed by atoms with Crippen LogP contribution >= 0.6 is 22.9 Å².